The van der Waals surface area contributed by atoms with Gasteiger partial charge in [-0.15, -0.1) is 5.06 Å². The third-order valence-electron chi connectivity index (χ3n) is 5.74. The highest BCUT2D eigenvalue weighted by atomic mass is 16.8. The van der Waals surface area contributed by atoms with E-state index >= 15 is 0 Å². The molecular weight excluding hydrogens is 294 g/mol. The molecule has 0 N–H and O–H groups in total. The number of carbonyl (C=O) groups excluding carboxylic acids is 1. The van der Waals surface area contributed by atoms with E-state index in [4.69, 9.17) is 9.57 Å². The Hall–Kier alpha value is -0.850. The van der Waals surface area contributed by atoms with Gasteiger partial charge in [0.1, 0.15) is 0 Å². The Morgan fingerprint density at radius 1 is 1.00 bits per heavy atom. The van der Waals surface area contributed by atoms with Crippen LogP contribution in [0.5, 0.6) is 0 Å². The maximum absolute atomic E-state index is 12.3. The van der Waals surface area contributed by atoms with Gasteiger partial charge in [-0.3, -0.25) is 4.84 Å². The van der Waals surface area contributed by atoms with E-state index in [1.54, 1.807) is 0 Å². The lowest BCUT2D eigenvalue weighted by atomic mass is 9.95. The molecule has 23 heavy (non-hydrogen) atoms. The topological polar surface area (TPSA) is 47.9 Å². The molecule has 2 aliphatic heterocycles. The van der Waals surface area contributed by atoms with Crippen molar-refractivity contribution in [3.05, 3.63) is 0 Å². The molecule has 6 heteroatoms. The van der Waals surface area contributed by atoms with Crippen molar-refractivity contribution in [3.63, 3.8) is 0 Å². The zero-order valence-corrected chi connectivity index (χ0v) is 14.2. The van der Waals surface area contributed by atoms with Crippen LogP contribution in [0.2, 0.25) is 0 Å². The molecule has 2 saturated carbocycles. The number of hydrazine groups is 1. The van der Waals surface area contributed by atoms with Gasteiger partial charge in [0.05, 0.1) is 6.61 Å². The molecule has 2 aliphatic carbocycles. The number of carbonyl (C=O) groups is 1. The number of hydrogen-bond donors (Lipinski definition) is 0. The molecule has 0 aromatic carbocycles. The zero-order valence-electron chi connectivity index (χ0n) is 14.2. The van der Waals surface area contributed by atoms with E-state index in [2.05, 4.69) is 10.1 Å². The minimum atomic E-state index is -0.206. The summed E-state index contributed by atoms with van der Waals surface area (Å²) >= 11 is 0. The van der Waals surface area contributed by atoms with Crippen molar-refractivity contribution in [3.8, 4) is 0 Å². The van der Waals surface area contributed by atoms with Crippen LogP contribution in [0.15, 0.2) is 0 Å². The van der Waals surface area contributed by atoms with Crippen molar-refractivity contribution in [2.45, 2.75) is 95.6 Å². The number of nitrogens with zero attached hydrogens (tertiary/aromatic N) is 3. The molecule has 4 fully saturated rings. The molecule has 4 unspecified atom stereocenters. The summed E-state index contributed by atoms with van der Waals surface area (Å²) in [4.78, 5) is 18.2. The van der Waals surface area contributed by atoms with Gasteiger partial charge in [-0.1, -0.05) is 38.5 Å². The molecule has 0 aromatic rings. The largest absolute Gasteiger partial charge is 0.449 e. The Labute approximate surface area is 138 Å². The maximum Gasteiger partial charge on any atom is 0.426 e. The highest BCUT2D eigenvalue weighted by Gasteiger charge is 2.65. The smallest absolute Gasteiger partial charge is 0.426 e. The number of amides is 1. The van der Waals surface area contributed by atoms with E-state index in [1.807, 2.05) is 11.9 Å². The van der Waals surface area contributed by atoms with Crippen molar-refractivity contribution in [1.29, 1.82) is 0 Å². The molecule has 4 aliphatic rings. The fourth-order valence-corrected chi connectivity index (χ4v) is 4.49. The van der Waals surface area contributed by atoms with E-state index in [1.165, 1.54) is 64.2 Å². The molecule has 2 heterocycles. The number of ether oxygens (including phenoxy) is 1. The Bertz CT molecular complexity index is 435. The summed E-state index contributed by atoms with van der Waals surface area (Å²) in [5.74, 6) is 0. The predicted octanol–water partition coefficient (Wildman–Crippen LogP) is 3.24. The molecule has 6 nitrogen and oxygen atoms in total. The standard InChI is InChI=1S/C17H29N3O3/c1-2-22-17(21)19-15(18(19)13-9-5-3-6-10-13)16-20(23-16)14-11-7-4-8-12-14/h13-16H,2-12H2,1H3. The van der Waals surface area contributed by atoms with Crippen LogP contribution in [0.4, 0.5) is 4.79 Å². The third kappa shape index (κ3) is 3.08. The van der Waals surface area contributed by atoms with E-state index < -0.39 is 0 Å². The summed E-state index contributed by atoms with van der Waals surface area (Å²) in [6, 6.07) is 1.03. The van der Waals surface area contributed by atoms with Gasteiger partial charge in [0.2, 0.25) is 0 Å². The highest BCUT2D eigenvalue weighted by Crippen LogP contribution is 2.46. The van der Waals surface area contributed by atoms with Gasteiger partial charge in [0, 0.05) is 12.1 Å². The second-order valence-electron chi connectivity index (χ2n) is 7.28. The molecule has 0 spiro atoms. The lowest BCUT2D eigenvalue weighted by Crippen LogP contribution is -2.29. The number of hydroxylamine groups is 2. The van der Waals surface area contributed by atoms with Crippen molar-refractivity contribution in [2.75, 3.05) is 6.61 Å². The van der Waals surface area contributed by atoms with E-state index in [0.717, 1.165) is 0 Å². The van der Waals surface area contributed by atoms with E-state index in [0.29, 0.717) is 18.7 Å². The average Bonchev–Trinajstić information content (AvgIpc) is 3.48. The minimum absolute atomic E-state index is 0.0597. The first kappa shape index (κ1) is 15.7. The van der Waals surface area contributed by atoms with Gasteiger partial charge < -0.3 is 4.74 Å². The molecule has 0 radical (unpaired) electrons. The SMILES string of the molecule is CCOC(=O)N1C(C2ON2C2CCCCC2)N1C1CCCCC1. The first-order valence-corrected chi connectivity index (χ1v) is 9.50. The van der Waals surface area contributed by atoms with Gasteiger partial charge >= 0.3 is 6.09 Å². The fourth-order valence-electron chi connectivity index (χ4n) is 4.49. The Morgan fingerprint density at radius 2 is 1.61 bits per heavy atom. The maximum atomic E-state index is 12.3. The zero-order chi connectivity index (χ0) is 15.8. The summed E-state index contributed by atoms with van der Waals surface area (Å²) in [6.45, 7) is 2.29. The fraction of sp³-hybridized carbons (Fsp3) is 0.941. The molecule has 2 saturated heterocycles. The van der Waals surface area contributed by atoms with Gasteiger partial charge in [0.15, 0.2) is 12.4 Å². The quantitative estimate of drug-likeness (QED) is 0.743. The average molecular weight is 323 g/mol. The summed E-state index contributed by atoms with van der Waals surface area (Å²) in [5, 5.41) is 6.20. The second-order valence-corrected chi connectivity index (χ2v) is 7.28. The molecule has 0 bridgehead atoms. The monoisotopic (exact) mass is 323 g/mol. The molecular formula is C17H29N3O3. The van der Waals surface area contributed by atoms with Gasteiger partial charge in [-0.05, 0) is 32.6 Å². The minimum Gasteiger partial charge on any atom is -0.449 e. The summed E-state index contributed by atoms with van der Waals surface area (Å²) in [5.41, 5.74) is 0. The Kier molecular flexibility index (Phi) is 4.48. The van der Waals surface area contributed by atoms with E-state index in [-0.39, 0.29) is 18.5 Å². The molecule has 0 aromatic heterocycles. The molecule has 1 amide bonds. The summed E-state index contributed by atoms with van der Waals surface area (Å²) in [7, 11) is 0. The Balaban J connectivity index is 1.40. The van der Waals surface area contributed by atoms with Crippen LogP contribution < -0.4 is 0 Å². The first-order chi connectivity index (χ1) is 11.3. The lowest BCUT2D eigenvalue weighted by Gasteiger charge is -2.22. The van der Waals surface area contributed by atoms with Crippen LogP contribution in [-0.4, -0.2) is 52.3 Å². The first-order valence-electron chi connectivity index (χ1n) is 9.50. The van der Waals surface area contributed by atoms with Gasteiger partial charge in [-0.25, -0.2) is 9.80 Å². The molecule has 4 atom stereocenters. The van der Waals surface area contributed by atoms with Gasteiger partial charge in [-0.2, -0.15) is 5.01 Å². The van der Waals surface area contributed by atoms with E-state index in [9.17, 15) is 4.79 Å². The van der Waals surface area contributed by atoms with Crippen LogP contribution in [0.1, 0.15) is 71.1 Å². The van der Waals surface area contributed by atoms with Crippen LogP contribution in [-0.2, 0) is 9.57 Å². The summed E-state index contributed by atoms with van der Waals surface area (Å²) < 4.78 is 5.25. The summed E-state index contributed by atoms with van der Waals surface area (Å²) in [6.07, 6.45) is 12.6. The van der Waals surface area contributed by atoms with Crippen LogP contribution in [0.3, 0.4) is 0 Å². The van der Waals surface area contributed by atoms with Crippen LogP contribution in [0, 0.1) is 0 Å². The highest BCUT2D eigenvalue weighted by molar-refractivity contribution is 5.70. The third-order valence-corrected chi connectivity index (χ3v) is 5.74. The molecule has 4 rings (SSSR count). The van der Waals surface area contributed by atoms with Crippen molar-refractivity contribution in [2.24, 2.45) is 0 Å². The Morgan fingerprint density at radius 3 is 2.22 bits per heavy atom. The predicted molar refractivity (Wildman–Crippen MR) is 84.9 cm³/mol. The normalized spacial score (nSPS) is 38.4. The number of hydrogen-bond acceptors (Lipinski definition) is 5. The van der Waals surface area contributed by atoms with Gasteiger partial charge in [0.25, 0.3) is 0 Å². The van der Waals surface area contributed by atoms with Crippen LogP contribution in [0.25, 0.3) is 0 Å². The van der Waals surface area contributed by atoms with Crippen molar-refractivity contribution >= 4 is 6.09 Å². The lowest BCUT2D eigenvalue weighted by molar-refractivity contribution is 0.106. The van der Waals surface area contributed by atoms with Crippen molar-refractivity contribution in [1.82, 2.24) is 15.1 Å². The molecule has 130 valence electrons. The second kappa shape index (κ2) is 6.57. The number of rotatable bonds is 4. The van der Waals surface area contributed by atoms with Crippen LogP contribution >= 0.6 is 0 Å². The van der Waals surface area contributed by atoms with Crippen molar-refractivity contribution < 1.29 is 14.4 Å².